The van der Waals surface area contributed by atoms with E-state index in [0.29, 0.717) is 42.9 Å². The first-order valence-corrected chi connectivity index (χ1v) is 10.2. The number of ether oxygens (including phenoxy) is 2. The van der Waals surface area contributed by atoms with Crippen LogP contribution in [0.2, 0.25) is 0 Å². The number of rotatable bonds is 7. The molecule has 3 heterocycles. The molecule has 1 aliphatic rings. The predicted molar refractivity (Wildman–Crippen MR) is 107 cm³/mol. The van der Waals surface area contributed by atoms with Crippen LogP contribution in [0.1, 0.15) is 16.9 Å². The van der Waals surface area contributed by atoms with Crippen LogP contribution in [0.4, 0.5) is 0 Å². The molecule has 0 unspecified atom stereocenters. The van der Waals surface area contributed by atoms with Crippen LogP contribution < -0.4 is 5.56 Å². The summed E-state index contributed by atoms with van der Waals surface area (Å²) < 4.78 is 12.1. The minimum Gasteiger partial charge on any atom is -0.396 e. The van der Waals surface area contributed by atoms with Gasteiger partial charge in [-0.25, -0.2) is 4.98 Å². The molecule has 9 heteroatoms. The van der Waals surface area contributed by atoms with Gasteiger partial charge in [-0.3, -0.25) is 14.2 Å². The quantitative estimate of drug-likeness (QED) is 0.685. The number of carbonyl (C=O) groups is 1. The summed E-state index contributed by atoms with van der Waals surface area (Å²) in [5, 5.41) is 10.2. The molecule has 2 aromatic heterocycles. The highest BCUT2D eigenvalue weighted by Crippen LogP contribution is 2.25. The molecular weight excluding hydrogens is 382 g/mol. The topological polar surface area (TPSA) is 93.9 Å². The number of hydrogen-bond acceptors (Lipinski definition) is 7. The van der Waals surface area contributed by atoms with Crippen LogP contribution in [0.5, 0.6) is 0 Å². The molecule has 2 aromatic rings. The standard InChI is InChI=1S/C19H27N3O5S/c1-12-13(2)28-18-17(12)19(25)22(11-20-18)9-16(24)21-7-14(10-23)6-15(8-21)27-5-4-26-3/h11,14-15,23H,4-10H2,1-3H3/t14-,15+/m1/s1. The van der Waals surface area contributed by atoms with E-state index in [9.17, 15) is 14.7 Å². The van der Waals surface area contributed by atoms with Gasteiger partial charge in [0.05, 0.1) is 31.0 Å². The van der Waals surface area contributed by atoms with Crippen molar-refractivity contribution in [3.05, 3.63) is 27.1 Å². The van der Waals surface area contributed by atoms with Crippen LogP contribution in [-0.4, -0.2) is 71.6 Å². The van der Waals surface area contributed by atoms with Gasteiger partial charge in [0.2, 0.25) is 5.91 Å². The zero-order chi connectivity index (χ0) is 20.3. The van der Waals surface area contributed by atoms with Crippen molar-refractivity contribution < 1.29 is 19.4 Å². The molecule has 1 amide bonds. The Hall–Kier alpha value is -1.81. The van der Waals surface area contributed by atoms with Gasteiger partial charge in [-0.05, 0) is 25.8 Å². The summed E-state index contributed by atoms with van der Waals surface area (Å²) in [6, 6.07) is 0. The maximum Gasteiger partial charge on any atom is 0.262 e. The van der Waals surface area contributed by atoms with Crippen molar-refractivity contribution in [1.29, 1.82) is 0 Å². The molecule has 0 spiro atoms. The van der Waals surface area contributed by atoms with Crippen LogP contribution >= 0.6 is 11.3 Å². The van der Waals surface area contributed by atoms with Gasteiger partial charge in [0.1, 0.15) is 11.4 Å². The highest BCUT2D eigenvalue weighted by Gasteiger charge is 2.30. The molecule has 0 saturated carbocycles. The Balaban J connectivity index is 1.74. The lowest BCUT2D eigenvalue weighted by atomic mass is 9.96. The summed E-state index contributed by atoms with van der Waals surface area (Å²) in [5.74, 6) is -0.212. The van der Waals surface area contributed by atoms with Crippen LogP contribution in [0.15, 0.2) is 11.1 Å². The van der Waals surface area contributed by atoms with Crippen molar-refractivity contribution in [2.24, 2.45) is 5.92 Å². The molecule has 0 aromatic carbocycles. The second-order valence-electron chi connectivity index (χ2n) is 7.21. The zero-order valence-electron chi connectivity index (χ0n) is 16.5. The van der Waals surface area contributed by atoms with Crippen LogP contribution in [0, 0.1) is 19.8 Å². The van der Waals surface area contributed by atoms with Crippen molar-refractivity contribution in [2.45, 2.75) is 32.9 Å². The monoisotopic (exact) mass is 409 g/mol. The number of aromatic nitrogens is 2. The first-order valence-electron chi connectivity index (χ1n) is 9.38. The number of carbonyl (C=O) groups excluding carboxylic acids is 1. The summed E-state index contributed by atoms with van der Waals surface area (Å²) in [5.41, 5.74) is 0.730. The summed E-state index contributed by atoms with van der Waals surface area (Å²) in [7, 11) is 1.61. The average Bonchev–Trinajstić information content (AvgIpc) is 2.98. The van der Waals surface area contributed by atoms with Gasteiger partial charge < -0.3 is 19.5 Å². The lowest BCUT2D eigenvalue weighted by Crippen LogP contribution is -2.49. The van der Waals surface area contributed by atoms with Crippen LogP contribution in [0.25, 0.3) is 10.2 Å². The van der Waals surface area contributed by atoms with E-state index in [0.717, 1.165) is 10.4 Å². The lowest BCUT2D eigenvalue weighted by Gasteiger charge is -2.37. The molecule has 28 heavy (non-hydrogen) atoms. The fourth-order valence-corrected chi connectivity index (χ4v) is 4.52. The number of likely N-dealkylation sites (tertiary alicyclic amines) is 1. The zero-order valence-corrected chi connectivity index (χ0v) is 17.3. The number of aliphatic hydroxyl groups excluding tert-OH is 1. The number of fused-ring (bicyclic) bond motifs is 1. The SMILES string of the molecule is COCCO[C@H]1C[C@@H](CO)CN(C(=O)Cn2cnc3sc(C)c(C)c3c2=O)C1. The van der Waals surface area contributed by atoms with Crippen molar-refractivity contribution in [3.8, 4) is 0 Å². The van der Waals surface area contributed by atoms with Crippen molar-refractivity contribution >= 4 is 27.5 Å². The number of piperidine rings is 1. The summed E-state index contributed by atoms with van der Waals surface area (Å²) in [6.07, 6.45) is 1.99. The largest absolute Gasteiger partial charge is 0.396 e. The van der Waals surface area contributed by atoms with E-state index in [-0.39, 0.29) is 36.6 Å². The second-order valence-corrected chi connectivity index (χ2v) is 8.41. The molecule has 2 atom stereocenters. The molecule has 154 valence electrons. The molecule has 1 saturated heterocycles. The van der Waals surface area contributed by atoms with E-state index in [1.165, 1.54) is 22.2 Å². The molecule has 1 fully saturated rings. The summed E-state index contributed by atoms with van der Waals surface area (Å²) in [6.45, 7) is 5.62. The van der Waals surface area contributed by atoms with Gasteiger partial charge in [-0.1, -0.05) is 0 Å². The van der Waals surface area contributed by atoms with E-state index >= 15 is 0 Å². The number of hydrogen-bond donors (Lipinski definition) is 1. The smallest absolute Gasteiger partial charge is 0.262 e. The Morgan fingerprint density at radius 2 is 2.14 bits per heavy atom. The summed E-state index contributed by atoms with van der Waals surface area (Å²) in [4.78, 5) is 33.5. The Labute approximate surface area is 167 Å². The molecule has 0 bridgehead atoms. The van der Waals surface area contributed by atoms with Gasteiger partial charge in [0, 0.05) is 37.6 Å². The molecule has 1 N–H and O–H groups in total. The minimum atomic E-state index is -0.191. The van der Waals surface area contributed by atoms with Gasteiger partial charge >= 0.3 is 0 Å². The van der Waals surface area contributed by atoms with Crippen LogP contribution in [0.3, 0.4) is 0 Å². The second kappa shape index (κ2) is 9.13. The number of nitrogens with zero attached hydrogens (tertiary/aromatic N) is 3. The van der Waals surface area contributed by atoms with Crippen molar-refractivity contribution in [1.82, 2.24) is 14.5 Å². The fourth-order valence-electron chi connectivity index (χ4n) is 3.54. The fraction of sp³-hybridized carbons (Fsp3) is 0.632. The van der Waals surface area contributed by atoms with Gasteiger partial charge in [-0.15, -0.1) is 11.3 Å². The third-order valence-corrected chi connectivity index (χ3v) is 6.33. The van der Waals surface area contributed by atoms with Gasteiger partial charge in [0.15, 0.2) is 0 Å². The predicted octanol–water partition coefficient (Wildman–Crippen LogP) is 0.947. The van der Waals surface area contributed by atoms with E-state index in [2.05, 4.69) is 4.98 Å². The number of methoxy groups -OCH3 is 1. The molecule has 1 aliphatic heterocycles. The molecule has 3 rings (SSSR count). The van der Waals surface area contributed by atoms with E-state index in [1.54, 1.807) is 12.0 Å². The Morgan fingerprint density at radius 3 is 2.86 bits per heavy atom. The third-order valence-electron chi connectivity index (χ3n) is 5.21. The normalized spacial score (nSPS) is 20.1. The van der Waals surface area contributed by atoms with Gasteiger partial charge in [-0.2, -0.15) is 0 Å². The molecular formula is C19H27N3O5S. The molecule has 8 nitrogen and oxygen atoms in total. The van der Waals surface area contributed by atoms with E-state index < -0.39 is 0 Å². The number of aliphatic hydroxyl groups is 1. The minimum absolute atomic E-state index is 0.00520. The van der Waals surface area contributed by atoms with Crippen molar-refractivity contribution in [2.75, 3.05) is 40.0 Å². The first kappa shape index (κ1) is 20.9. The maximum atomic E-state index is 12.9. The third kappa shape index (κ3) is 4.43. The Kier molecular flexibility index (Phi) is 6.82. The number of aryl methyl sites for hydroxylation is 2. The highest BCUT2D eigenvalue weighted by molar-refractivity contribution is 7.18. The lowest BCUT2D eigenvalue weighted by molar-refractivity contribution is -0.138. The van der Waals surface area contributed by atoms with Gasteiger partial charge in [0.25, 0.3) is 5.56 Å². The van der Waals surface area contributed by atoms with E-state index in [4.69, 9.17) is 9.47 Å². The van der Waals surface area contributed by atoms with Crippen LogP contribution in [-0.2, 0) is 20.8 Å². The molecule has 0 radical (unpaired) electrons. The number of amides is 1. The van der Waals surface area contributed by atoms with Crippen molar-refractivity contribution in [3.63, 3.8) is 0 Å². The average molecular weight is 410 g/mol. The maximum absolute atomic E-state index is 12.9. The van der Waals surface area contributed by atoms with E-state index in [1.807, 2.05) is 13.8 Å². The first-order chi connectivity index (χ1) is 13.4. The highest BCUT2D eigenvalue weighted by atomic mass is 32.1. The Bertz CT molecular complexity index is 894. The molecule has 0 aliphatic carbocycles. The summed E-state index contributed by atoms with van der Waals surface area (Å²) >= 11 is 1.49. The number of thiophene rings is 1. The Morgan fingerprint density at radius 1 is 1.36 bits per heavy atom.